The van der Waals surface area contributed by atoms with E-state index in [1.807, 2.05) is 0 Å². The fourth-order valence-corrected chi connectivity index (χ4v) is 1.13. The van der Waals surface area contributed by atoms with Crippen molar-refractivity contribution < 1.29 is 4.79 Å². The minimum atomic E-state index is -0.188. The molecule has 0 aliphatic rings. The van der Waals surface area contributed by atoms with Crippen LogP contribution >= 0.6 is 23.2 Å². The van der Waals surface area contributed by atoms with E-state index in [9.17, 15) is 4.79 Å². The molecule has 0 bridgehead atoms. The van der Waals surface area contributed by atoms with Gasteiger partial charge in [0.25, 0.3) is 0 Å². The summed E-state index contributed by atoms with van der Waals surface area (Å²) in [7, 11) is 0. The Kier molecular flexibility index (Phi) is 4.23. The van der Waals surface area contributed by atoms with E-state index < -0.39 is 0 Å². The molecule has 4 heteroatoms. The number of amides is 1. The van der Waals surface area contributed by atoms with Crippen molar-refractivity contribution in [3.05, 3.63) is 29.3 Å². The second-order valence-electron chi connectivity index (χ2n) is 3.05. The summed E-state index contributed by atoms with van der Waals surface area (Å²) in [5.41, 5.74) is 0.733. The Morgan fingerprint density at radius 2 is 2.00 bits per heavy atom. The van der Waals surface area contributed by atoms with Gasteiger partial charge in [0.2, 0.25) is 5.91 Å². The quantitative estimate of drug-likeness (QED) is 0.797. The molecule has 1 unspecified atom stereocenters. The van der Waals surface area contributed by atoms with Gasteiger partial charge in [0, 0.05) is 22.5 Å². The predicted molar refractivity (Wildman–Crippen MR) is 60.0 cm³/mol. The smallest absolute Gasteiger partial charge is 0.228 e. The summed E-state index contributed by atoms with van der Waals surface area (Å²) in [6, 6.07) is 6.95. The minimum Gasteiger partial charge on any atom is -0.326 e. The number of carbonyl (C=O) groups excluding carboxylic acids is 1. The van der Waals surface area contributed by atoms with Gasteiger partial charge in [-0.2, -0.15) is 0 Å². The summed E-state index contributed by atoms with van der Waals surface area (Å²) in [6.07, 6.45) is 0. The average Bonchev–Trinajstić information content (AvgIpc) is 2.20. The van der Waals surface area contributed by atoms with Crippen molar-refractivity contribution in [2.45, 2.75) is 6.92 Å². The second-order valence-corrected chi connectivity index (χ2v) is 3.80. The summed E-state index contributed by atoms with van der Waals surface area (Å²) in [5.74, 6) is 0.0500. The van der Waals surface area contributed by atoms with Crippen LogP contribution in [0.5, 0.6) is 0 Å². The van der Waals surface area contributed by atoms with Crippen molar-refractivity contribution in [3.63, 3.8) is 0 Å². The number of halogens is 2. The second kappa shape index (κ2) is 5.23. The van der Waals surface area contributed by atoms with Gasteiger partial charge >= 0.3 is 0 Å². The fraction of sp³-hybridized carbons (Fsp3) is 0.300. The number of hydrogen-bond donors (Lipinski definition) is 1. The lowest BCUT2D eigenvalue weighted by atomic mass is 10.2. The summed E-state index contributed by atoms with van der Waals surface area (Å²) < 4.78 is 0. The molecule has 0 saturated carbocycles. The normalized spacial score (nSPS) is 12.2. The SMILES string of the molecule is CC(CCl)C(=O)Nc1ccc(Cl)cc1. The molecule has 0 aliphatic heterocycles. The summed E-state index contributed by atoms with van der Waals surface area (Å²) in [5, 5.41) is 3.38. The first kappa shape index (κ1) is 11.3. The Labute approximate surface area is 93.2 Å². The molecule has 1 atom stereocenters. The van der Waals surface area contributed by atoms with Crippen molar-refractivity contribution in [2.24, 2.45) is 5.92 Å². The Balaban J connectivity index is 2.60. The number of benzene rings is 1. The Bertz CT molecular complexity index is 310. The maximum absolute atomic E-state index is 11.4. The standard InChI is InChI=1S/C10H11Cl2NO/c1-7(6-11)10(14)13-9-4-2-8(12)3-5-9/h2-5,7H,6H2,1H3,(H,13,14). The highest BCUT2D eigenvalue weighted by molar-refractivity contribution is 6.30. The van der Waals surface area contributed by atoms with Crippen LogP contribution in [0.3, 0.4) is 0 Å². The van der Waals surface area contributed by atoms with Crippen molar-refractivity contribution in [1.29, 1.82) is 0 Å². The Morgan fingerprint density at radius 3 is 2.50 bits per heavy atom. The summed E-state index contributed by atoms with van der Waals surface area (Å²) in [6.45, 7) is 1.78. The third kappa shape index (κ3) is 3.20. The van der Waals surface area contributed by atoms with E-state index in [0.717, 1.165) is 5.69 Å². The zero-order valence-electron chi connectivity index (χ0n) is 7.76. The fourth-order valence-electron chi connectivity index (χ4n) is 0.869. The van der Waals surface area contributed by atoms with E-state index in [0.29, 0.717) is 10.9 Å². The lowest BCUT2D eigenvalue weighted by molar-refractivity contribution is -0.118. The van der Waals surface area contributed by atoms with E-state index in [4.69, 9.17) is 23.2 Å². The molecule has 1 rings (SSSR count). The molecule has 1 aromatic carbocycles. The lowest BCUT2D eigenvalue weighted by Crippen LogP contribution is -2.21. The maximum Gasteiger partial charge on any atom is 0.228 e. The first-order chi connectivity index (χ1) is 6.63. The molecular formula is C10H11Cl2NO. The molecule has 14 heavy (non-hydrogen) atoms. The average molecular weight is 232 g/mol. The number of carbonyl (C=O) groups is 1. The van der Waals surface area contributed by atoms with Gasteiger partial charge in [0.05, 0.1) is 0 Å². The number of rotatable bonds is 3. The van der Waals surface area contributed by atoms with Crippen LogP contribution in [-0.4, -0.2) is 11.8 Å². The van der Waals surface area contributed by atoms with E-state index in [2.05, 4.69) is 5.32 Å². The van der Waals surface area contributed by atoms with Gasteiger partial charge in [-0.25, -0.2) is 0 Å². The number of hydrogen-bond acceptors (Lipinski definition) is 1. The first-order valence-electron chi connectivity index (χ1n) is 4.26. The first-order valence-corrected chi connectivity index (χ1v) is 5.17. The molecule has 1 N–H and O–H groups in total. The number of nitrogens with one attached hydrogen (secondary N) is 1. The molecule has 2 nitrogen and oxygen atoms in total. The molecule has 0 heterocycles. The van der Waals surface area contributed by atoms with Crippen molar-refractivity contribution in [2.75, 3.05) is 11.2 Å². The van der Waals surface area contributed by atoms with Gasteiger partial charge < -0.3 is 5.32 Å². The third-order valence-corrected chi connectivity index (χ3v) is 2.51. The highest BCUT2D eigenvalue weighted by atomic mass is 35.5. The van der Waals surface area contributed by atoms with Crippen LogP contribution in [0.1, 0.15) is 6.92 Å². The van der Waals surface area contributed by atoms with Gasteiger partial charge in [0.15, 0.2) is 0 Å². The summed E-state index contributed by atoms with van der Waals surface area (Å²) in [4.78, 5) is 11.4. The molecule has 0 radical (unpaired) electrons. The van der Waals surface area contributed by atoms with Crippen LogP contribution in [0.25, 0.3) is 0 Å². The topological polar surface area (TPSA) is 29.1 Å². The Hall–Kier alpha value is -0.730. The zero-order valence-corrected chi connectivity index (χ0v) is 9.27. The number of alkyl halides is 1. The minimum absolute atomic E-state index is 0.0812. The van der Waals surface area contributed by atoms with Crippen LogP contribution in [0, 0.1) is 5.92 Å². The third-order valence-electron chi connectivity index (χ3n) is 1.79. The predicted octanol–water partition coefficient (Wildman–Crippen LogP) is 3.15. The number of anilines is 1. The molecule has 0 saturated heterocycles. The van der Waals surface area contributed by atoms with Gasteiger partial charge in [-0.3, -0.25) is 4.79 Å². The van der Waals surface area contributed by atoms with Crippen LogP contribution in [0.15, 0.2) is 24.3 Å². The molecular weight excluding hydrogens is 221 g/mol. The van der Waals surface area contributed by atoms with Crippen molar-refractivity contribution >= 4 is 34.8 Å². The molecule has 0 fully saturated rings. The van der Waals surface area contributed by atoms with E-state index in [-0.39, 0.29) is 11.8 Å². The van der Waals surface area contributed by atoms with Gasteiger partial charge in [-0.15, -0.1) is 11.6 Å². The molecule has 1 aromatic rings. The monoisotopic (exact) mass is 231 g/mol. The van der Waals surface area contributed by atoms with Gasteiger partial charge in [-0.1, -0.05) is 18.5 Å². The largest absolute Gasteiger partial charge is 0.326 e. The molecule has 0 spiro atoms. The van der Waals surface area contributed by atoms with E-state index >= 15 is 0 Å². The molecule has 0 aliphatic carbocycles. The van der Waals surface area contributed by atoms with Crippen molar-refractivity contribution in [3.8, 4) is 0 Å². The maximum atomic E-state index is 11.4. The van der Waals surface area contributed by atoms with Crippen molar-refractivity contribution in [1.82, 2.24) is 0 Å². The van der Waals surface area contributed by atoms with Crippen LogP contribution in [0.2, 0.25) is 5.02 Å². The molecule has 76 valence electrons. The Morgan fingerprint density at radius 1 is 1.43 bits per heavy atom. The van der Waals surface area contributed by atoms with Crippen LogP contribution in [-0.2, 0) is 4.79 Å². The molecule has 1 amide bonds. The van der Waals surface area contributed by atoms with Crippen LogP contribution < -0.4 is 5.32 Å². The van der Waals surface area contributed by atoms with Gasteiger partial charge in [0.1, 0.15) is 0 Å². The van der Waals surface area contributed by atoms with E-state index in [1.165, 1.54) is 0 Å². The van der Waals surface area contributed by atoms with Gasteiger partial charge in [-0.05, 0) is 24.3 Å². The zero-order chi connectivity index (χ0) is 10.6. The highest BCUT2D eigenvalue weighted by Gasteiger charge is 2.10. The summed E-state index contributed by atoms with van der Waals surface area (Å²) >= 11 is 11.3. The lowest BCUT2D eigenvalue weighted by Gasteiger charge is -2.08. The van der Waals surface area contributed by atoms with E-state index in [1.54, 1.807) is 31.2 Å². The van der Waals surface area contributed by atoms with Crippen LogP contribution in [0.4, 0.5) is 5.69 Å². The molecule has 0 aromatic heterocycles. The highest BCUT2D eigenvalue weighted by Crippen LogP contribution is 2.14.